The van der Waals surface area contributed by atoms with Crippen LogP contribution in [0.15, 0.2) is 28.9 Å². The fourth-order valence-electron chi connectivity index (χ4n) is 1.04. The number of rotatable bonds is 3. The van der Waals surface area contributed by atoms with Crippen molar-refractivity contribution in [2.45, 2.75) is 5.88 Å². The lowest BCUT2D eigenvalue weighted by molar-refractivity contribution is 0.329. The Bertz CT molecular complexity index is 501. The van der Waals surface area contributed by atoms with E-state index in [-0.39, 0.29) is 22.7 Å². The van der Waals surface area contributed by atoms with Crippen molar-refractivity contribution in [1.82, 2.24) is 4.98 Å². The minimum Gasteiger partial charge on any atom is -0.417 e. The summed E-state index contributed by atoms with van der Waals surface area (Å²) in [4.78, 5) is 3.90. The molecule has 0 bridgehead atoms. The van der Waals surface area contributed by atoms with Gasteiger partial charge >= 0.3 is 6.08 Å². The van der Waals surface area contributed by atoms with Gasteiger partial charge in [0.15, 0.2) is 0 Å². The summed E-state index contributed by atoms with van der Waals surface area (Å²) in [6.07, 6.45) is 1.38. The molecule has 0 atom stereocenters. The molecule has 16 heavy (non-hydrogen) atoms. The SMILES string of the molecule is Fc1cc(Oc2nc(CCl)co2)ccc1Cl. The maximum atomic E-state index is 13.1. The van der Waals surface area contributed by atoms with Gasteiger partial charge in [-0.1, -0.05) is 11.6 Å². The Labute approximate surface area is 101 Å². The molecule has 0 aliphatic heterocycles. The van der Waals surface area contributed by atoms with Gasteiger partial charge in [-0.2, -0.15) is 4.98 Å². The van der Waals surface area contributed by atoms with Crippen LogP contribution >= 0.6 is 23.2 Å². The molecule has 0 aliphatic carbocycles. The average molecular weight is 262 g/mol. The standard InChI is InChI=1S/C10H6Cl2FNO2/c11-4-6-5-15-10(14-6)16-7-1-2-8(12)9(13)3-7/h1-3,5H,4H2. The maximum absolute atomic E-state index is 13.1. The predicted molar refractivity (Wildman–Crippen MR) is 57.5 cm³/mol. The van der Waals surface area contributed by atoms with Crippen molar-refractivity contribution < 1.29 is 13.5 Å². The molecule has 0 saturated carbocycles. The largest absolute Gasteiger partial charge is 0.417 e. The van der Waals surface area contributed by atoms with Gasteiger partial charge in [0, 0.05) is 6.07 Å². The summed E-state index contributed by atoms with van der Waals surface area (Å²) in [5.74, 6) is -0.0878. The molecule has 0 unspecified atom stereocenters. The Balaban J connectivity index is 2.17. The number of oxazole rings is 1. The third-order valence-corrected chi connectivity index (χ3v) is 2.34. The highest BCUT2D eigenvalue weighted by atomic mass is 35.5. The van der Waals surface area contributed by atoms with E-state index in [0.29, 0.717) is 5.69 Å². The van der Waals surface area contributed by atoms with Crippen molar-refractivity contribution in [2.75, 3.05) is 0 Å². The quantitative estimate of drug-likeness (QED) is 0.784. The third kappa shape index (κ3) is 2.46. The van der Waals surface area contributed by atoms with Gasteiger partial charge in [0.1, 0.15) is 17.8 Å². The van der Waals surface area contributed by atoms with Gasteiger partial charge < -0.3 is 9.15 Å². The lowest BCUT2D eigenvalue weighted by atomic mass is 10.3. The summed E-state index contributed by atoms with van der Waals surface area (Å²) < 4.78 is 23.2. The molecular weight excluding hydrogens is 256 g/mol. The molecule has 1 aromatic carbocycles. The predicted octanol–water partition coefficient (Wildman–Crippen LogP) is 4.00. The number of hydrogen-bond donors (Lipinski definition) is 0. The zero-order chi connectivity index (χ0) is 11.5. The van der Waals surface area contributed by atoms with Gasteiger partial charge in [-0.05, 0) is 12.1 Å². The highest BCUT2D eigenvalue weighted by Crippen LogP contribution is 2.25. The smallest absolute Gasteiger partial charge is 0.399 e. The van der Waals surface area contributed by atoms with E-state index in [2.05, 4.69) is 4.98 Å². The zero-order valence-corrected chi connectivity index (χ0v) is 9.43. The molecule has 0 saturated heterocycles. The first-order chi connectivity index (χ1) is 7.69. The summed E-state index contributed by atoms with van der Waals surface area (Å²) in [6.45, 7) is 0. The van der Waals surface area contributed by atoms with Crippen molar-refractivity contribution in [2.24, 2.45) is 0 Å². The summed E-state index contributed by atoms with van der Waals surface area (Å²) in [5, 5.41) is 0.0289. The van der Waals surface area contributed by atoms with E-state index in [0.717, 1.165) is 6.07 Å². The van der Waals surface area contributed by atoms with Crippen LogP contribution in [0.4, 0.5) is 4.39 Å². The van der Waals surface area contributed by atoms with Crippen LogP contribution in [0, 0.1) is 5.82 Å². The number of hydrogen-bond acceptors (Lipinski definition) is 3. The van der Waals surface area contributed by atoms with Gasteiger partial charge in [0.05, 0.1) is 16.6 Å². The molecular formula is C10H6Cl2FNO2. The first-order valence-corrected chi connectivity index (χ1v) is 5.23. The van der Waals surface area contributed by atoms with Crippen LogP contribution in [0.1, 0.15) is 5.69 Å². The second kappa shape index (κ2) is 4.72. The first-order valence-electron chi connectivity index (χ1n) is 4.32. The van der Waals surface area contributed by atoms with Crippen molar-refractivity contribution >= 4 is 23.2 Å². The Morgan fingerprint density at radius 1 is 1.44 bits per heavy atom. The highest BCUT2D eigenvalue weighted by molar-refractivity contribution is 6.30. The molecule has 0 fully saturated rings. The molecule has 84 valence electrons. The van der Waals surface area contributed by atoms with Gasteiger partial charge in [-0.15, -0.1) is 11.6 Å². The molecule has 0 radical (unpaired) electrons. The zero-order valence-electron chi connectivity index (χ0n) is 7.91. The van der Waals surface area contributed by atoms with E-state index >= 15 is 0 Å². The number of halogens is 3. The molecule has 3 nitrogen and oxygen atoms in total. The van der Waals surface area contributed by atoms with Gasteiger partial charge in [0.2, 0.25) is 0 Å². The molecule has 1 heterocycles. The van der Waals surface area contributed by atoms with Crippen molar-refractivity contribution in [3.05, 3.63) is 41.0 Å². The molecule has 6 heteroatoms. The van der Waals surface area contributed by atoms with E-state index in [1.54, 1.807) is 0 Å². The Kier molecular flexibility index (Phi) is 3.31. The number of benzene rings is 1. The van der Waals surface area contributed by atoms with Crippen molar-refractivity contribution in [1.29, 1.82) is 0 Å². The molecule has 0 spiro atoms. The molecule has 1 aromatic heterocycles. The summed E-state index contributed by atoms with van der Waals surface area (Å²) in [7, 11) is 0. The normalized spacial score (nSPS) is 10.4. The fraction of sp³-hybridized carbons (Fsp3) is 0.100. The van der Waals surface area contributed by atoms with Gasteiger partial charge in [-0.3, -0.25) is 0 Å². The molecule has 2 rings (SSSR count). The van der Waals surface area contributed by atoms with Crippen LogP contribution in [0.2, 0.25) is 5.02 Å². The van der Waals surface area contributed by atoms with Crippen LogP contribution in [-0.2, 0) is 5.88 Å². The van der Waals surface area contributed by atoms with Crippen LogP contribution in [0.5, 0.6) is 11.8 Å². The van der Waals surface area contributed by atoms with Crippen molar-refractivity contribution in [3.63, 3.8) is 0 Å². The van der Waals surface area contributed by atoms with Crippen LogP contribution in [0.3, 0.4) is 0 Å². The summed E-state index contributed by atoms with van der Waals surface area (Å²) in [6, 6.07) is 4.04. The van der Waals surface area contributed by atoms with Crippen molar-refractivity contribution in [3.8, 4) is 11.8 Å². The summed E-state index contributed by atoms with van der Waals surface area (Å²) >= 11 is 11.1. The molecule has 0 aliphatic rings. The number of aromatic nitrogens is 1. The van der Waals surface area contributed by atoms with E-state index < -0.39 is 5.82 Å². The topological polar surface area (TPSA) is 35.3 Å². The lowest BCUT2D eigenvalue weighted by Gasteiger charge is -2.00. The second-order valence-corrected chi connectivity index (χ2v) is 3.59. The number of nitrogens with zero attached hydrogens (tertiary/aromatic N) is 1. The van der Waals surface area contributed by atoms with Gasteiger partial charge in [0.25, 0.3) is 0 Å². The van der Waals surface area contributed by atoms with E-state index in [4.69, 9.17) is 32.4 Å². The maximum Gasteiger partial charge on any atom is 0.399 e. The van der Waals surface area contributed by atoms with Crippen LogP contribution in [0.25, 0.3) is 0 Å². The Hall–Kier alpha value is -1.26. The third-order valence-electron chi connectivity index (χ3n) is 1.76. The number of ether oxygens (including phenoxy) is 1. The lowest BCUT2D eigenvalue weighted by Crippen LogP contribution is -1.86. The van der Waals surface area contributed by atoms with Crippen LogP contribution < -0.4 is 4.74 Å². The average Bonchev–Trinajstić information content (AvgIpc) is 2.71. The Morgan fingerprint density at radius 2 is 2.25 bits per heavy atom. The van der Waals surface area contributed by atoms with Gasteiger partial charge in [-0.25, -0.2) is 4.39 Å². The molecule has 0 amide bonds. The minimum absolute atomic E-state index is 0.0115. The first kappa shape index (κ1) is 11.2. The second-order valence-electron chi connectivity index (χ2n) is 2.92. The number of alkyl halides is 1. The molecule has 0 N–H and O–H groups in total. The van der Waals surface area contributed by atoms with E-state index in [9.17, 15) is 4.39 Å². The highest BCUT2D eigenvalue weighted by Gasteiger charge is 2.07. The fourth-order valence-corrected chi connectivity index (χ4v) is 1.28. The summed E-state index contributed by atoms with van der Waals surface area (Å²) in [5.41, 5.74) is 0.547. The van der Waals surface area contributed by atoms with Crippen LogP contribution in [-0.4, -0.2) is 4.98 Å². The Morgan fingerprint density at radius 3 is 2.88 bits per heavy atom. The monoisotopic (exact) mass is 261 g/mol. The van der Waals surface area contributed by atoms with E-state index in [1.165, 1.54) is 18.4 Å². The minimum atomic E-state index is -0.566. The van der Waals surface area contributed by atoms with E-state index in [1.807, 2.05) is 0 Å². The molecule has 2 aromatic rings.